The fraction of sp³-hybridized carbons (Fsp3) is 0.333. The van der Waals surface area contributed by atoms with E-state index in [0.29, 0.717) is 51.0 Å². The van der Waals surface area contributed by atoms with Crippen molar-refractivity contribution in [3.05, 3.63) is 60.4 Å². The van der Waals surface area contributed by atoms with E-state index in [9.17, 15) is 0 Å². The summed E-state index contributed by atoms with van der Waals surface area (Å²) in [6.45, 7) is 2.22. The maximum atomic E-state index is 6.57. The number of ether oxygens (including phenoxy) is 1. The summed E-state index contributed by atoms with van der Waals surface area (Å²) in [6, 6.07) is 9.48. The Morgan fingerprint density at radius 2 is 2.03 bits per heavy atom. The Bertz CT molecular complexity index is 1590. The van der Waals surface area contributed by atoms with Crippen molar-refractivity contribution in [1.82, 2.24) is 34.5 Å². The van der Waals surface area contributed by atoms with Crippen LogP contribution >= 0.6 is 11.6 Å². The molecule has 1 unspecified atom stereocenters. The van der Waals surface area contributed by atoms with Crippen LogP contribution in [0.25, 0.3) is 16.7 Å². The molecule has 0 amide bonds. The molecule has 1 atom stereocenters. The van der Waals surface area contributed by atoms with Crippen molar-refractivity contribution >= 4 is 45.7 Å². The molecular weight excluding hydrogens is 502 g/mol. The summed E-state index contributed by atoms with van der Waals surface area (Å²) in [4.78, 5) is 24.7. The minimum Gasteiger partial charge on any atom is -0.456 e. The molecule has 0 saturated heterocycles. The Hall–Kier alpha value is -4.05. The molecule has 1 fully saturated rings. The zero-order chi connectivity index (χ0) is 26.1. The van der Waals surface area contributed by atoms with E-state index in [2.05, 4.69) is 49.2 Å². The highest BCUT2D eigenvalue weighted by atomic mass is 35.5. The van der Waals surface area contributed by atoms with Crippen molar-refractivity contribution in [2.24, 2.45) is 5.92 Å². The quantitative estimate of drug-likeness (QED) is 0.244. The summed E-state index contributed by atoms with van der Waals surface area (Å²) >= 11 is 6.57. The lowest BCUT2D eigenvalue weighted by Crippen LogP contribution is -2.35. The van der Waals surface area contributed by atoms with Gasteiger partial charge < -0.3 is 15.0 Å². The van der Waals surface area contributed by atoms with Gasteiger partial charge in [0.15, 0.2) is 11.5 Å². The van der Waals surface area contributed by atoms with Crippen molar-refractivity contribution in [3.63, 3.8) is 0 Å². The van der Waals surface area contributed by atoms with Crippen LogP contribution in [-0.2, 0) is 0 Å². The molecule has 194 valence electrons. The summed E-state index contributed by atoms with van der Waals surface area (Å²) in [5, 5.41) is 7.88. The van der Waals surface area contributed by atoms with Crippen LogP contribution in [0.4, 0.5) is 17.5 Å². The van der Waals surface area contributed by atoms with Gasteiger partial charge in [-0.3, -0.25) is 0 Å². The number of pyridine rings is 1. The molecule has 1 saturated carbocycles. The molecule has 1 N–H and O–H groups in total. The average Bonchev–Trinajstić information content (AvgIpc) is 3.37. The van der Waals surface area contributed by atoms with E-state index in [1.165, 1.54) is 38.3 Å². The first-order valence-corrected chi connectivity index (χ1v) is 13.2. The van der Waals surface area contributed by atoms with E-state index in [1.807, 2.05) is 12.1 Å². The lowest BCUT2D eigenvalue weighted by Gasteiger charge is -2.34. The summed E-state index contributed by atoms with van der Waals surface area (Å²) in [5.74, 6) is 3.21. The first-order chi connectivity index (χ1) is 18.6. The van der Waals surface area contributed by atoms with E-state index >= 15 is 0 Å². The van der Waals surface area contributed by atoms with Crippen molar-refractivity contribution < 1.29 is 4.74 Å². The molecule has 5 aromatic rings. The number of rotatable bonds is 9. The molecule has 38 heavy (non-hydrogen) atoms. The second-order valence-corrected chi connectivity index (χ2v) is 10.0. The van der Waals surface area contributed by atoms with Crippen molar-refractivity contribution in [1.29, 1.82) is 0 Å². The molecule has 1 aliphatic carbocycles. The van der Waals surface area contributed by atoms with Gasteiger partial charge in [0.05, 0.1) is 11.2 Å². The minimum atomic E-state index is 0.399. The van der Waals surface area contributed by atoms with Crippen LogP contribution in [0.15, 0.2) is 55.4 Å². The lowest BCUT2D eigenvalue weighted by atomic mass is 9.80. The van der Waals surface area contributed by atoms with E-state index in [1.54, 1.807) is 35.1 Å². The Kier molecular flexibility index (Phi) is 6.63. The van der Waals surface area contributed by atoms with Crippen LogP contribution in [0, 0.1) is 5.92 Å². The third-order valence-corrected chi connectivity index (χ3v) is 7.50. The van der Waals surface area contributed by atoms with Gasteiger partial charge in [0.25, 0.3) is 0 Å². The van der Waals surface area contributed by atoms with Crippen molar-refractivity contribution in [2.75, 3.05) is 17.3 Å². The maximum Gasteiger partial charge on any atom is 0.226 e. The molecule has 10 nitrogen and oxygen atoms in total. The lowest BCUT2D eigenvalue weighted by molar-refractivity contribution is 0.270. The number of aromatic nitrogens is 7. The summed E-state index contributed by atoms with van der Waals surface area (Å²) in [6.07, 6.45) is 12.8. The highest BCUT2D eigenvalue weighted by Crippen LogP contribution is 2.35. The topological polar surface area (TPSA) is 106 Å². The molecule has 4 aromatic heterocycles. The fourth-order valence-corrected chi connectivity index (χ4v) is 4.99. The van der Waals surface area contributed by atoms with Gasteiger partial charge in [0.1, 0.15) is 35.2 Å². The largest absolute Gasteiger partial charge is 0.456 e. The predicted molar refractivity (Wildman–Crippen MR) is 147 cm³/mol. The monoisotopic (exact) mass is 529 g/mol. The van der Waals surface area contributed by atoms with Crippen molar-refractivity contribution in [3.8, 4) is 11.5 Å². The standard InChI is InChI=1S/C27H28ClN9O/c1-3-19(11-17-5-4-6-17)36(2)27-29-14-22-25(35-27)26(32-15-30-22)34-18-7-8-23(21(28)12-18)38-20-9-10-37-24(13-20)31-16-33-37/h7-10,12-17,19H,3-6,11H2,1-2H3,(H,30,32,34). The van der Waals surface area contributed by atoms with Gasteiger partial charge in [0, 0.05) is 31.0 Å². The zero-order valence-corrected chi connectivity index (χ0v) is 22.0. The maximum absolute atomic E-state index is 6.57. The van der Waals surface area contributed by atoms with Crippen LogP contribution in [0.3, 0.4) is 0 Å². The van der Waals surface area contributed by atoms with E-state index in [0.717, 1.165) is 18.0 Å². The second-order valence-electron chi connectivity index (χ2n) is 9.63. The van der Waals surface area contributed by atoms with Crippen molar-refractivity contribution in [2.45, 2.75) is 45.1 Å². The molecule has 1 aromatic carbocycles. The molecule has 11 heteroatoms. The van der Waals surface area contributed by atoms with E-state index in [-0.39, 0.29) is 0 Å². The molecule has 4 heterocycles. The van der Waals surface area contributed by atoms with Gasteiger partial charge in [-0.15, -0.1) is 0 Å². The molecular formula is C27H28ClN9O. The van der Waals surface area contributed by atoms with Gasteiger partial charge in [0.2, 0.25) is 5.95 Å². The number of nitrogens with one attached hydrogen (secondary N) is 1. The van der Waals surface area contributed by atoms with Gasteiger partial charge in [-0.05, 0) is 43.0 Å². The smallest absolute Gasteiger partial charge is 0.226 e. The molecule has 1 aliphatic rings. The predicted octanol–water partition coefficient (Wildman–Crippen LogP) is 6.06. The minimum absolute atomic E-state index is 0.399. The Labute approximate surface area is 225 Å². The van der Waals surface area contributed by atoms with Gasteiger partial charge in [-0.2, -0.15) is 5.10 Å². The second kappa shape index (κ2) is 10.4. The molecule has 0 aliphatic heterocycles. The summed E-state index contributed by atoms with van der Waals surface area (Å²) in [7, 11) is 2.07. The fourth-order valence-electron chi connectivity index (χ4n) is 4.77. The zero-order valence-electron chi connectivity index (χ0n) is 21.3. The van der Waals surface area contributed by atoms with Crippen LogP contribution in [0.2, 0.25) is 5.02 Å². The molecule has 6 rings (SSSR count). The number of anilines is 3. The third-order valence-electron chi connectivity index (χ3n) is 7.20. The average molecular weight is 530 g/mol. The third kappa shape index (κ3) is 4.91. The van der Waals surface area contributed by atoms with Gasteiger partial charge in [-0.25, -0.2) is 29.4 Å². The highest BCUT2D eigenvalue weighted by Gasteiger charge is 2.25. The number of nitrogens with zero attached hydrogens (tertiary/aromatic N) is 8. The Morgan fingerprint density at radius 3 is 2.82 bits per heavy atom. The molecule has 0 spiro atoms. The Balaban J connectivity index is 1.22. The highest BCUT2D eigenvalue weighted by molar-refractivity contribution is 6.32. The number of hydrogen-bond acceptors (Lipinski definition) is 9. The summed E-state index contributed by atoms with van der Waals surface area (Å²) < 4.78 is 7.65. The van der Waals surface area contributed by atoms with Crippen LogP contribution in [0.5, 0.6) is 11.5 Å². The van der Waals surface area contributed by atoms with Gasteiger partial charge in [-0.1, -0.05) is 37.8 Å². The first kappa shape index (κ1) is 24.3. The number of fused-ring (bicyclic) bond motifs is 2. The van der Waals surface area contributed by atoms with Crippen LogP contribution in [0.1, 0.15) is 39.0 Å². The number of hydrogen-bond donors (Lipinski definition) is 1. The first-order valence-electron chi connectivity index (χ1n) is 12.8. The normalized spacial score (nSPS) is 14.4. The Morgan fingerprint density at radius 1 is 1.13 bits per heavy atom. The number of benzene rings is 1. The molecule has 0 radical (unpaired) electrons. The molecule has 0 bridgehead atoms. The van der Waals surface area contributed by atoms with Gasteiger partial charge >= 0.3 is 0 Å². The van der Waals surface area contributed by atoms with Crippen LogP contribution < -0.4 is 15.0 Å². The van der Waals surface area contributed by atoms with E-state index < -0.39 is 0 Å². The number of halogens is 1. The van der Waals surface area contributed by atoms with E-state index in [4.69, 9.17) is 21.3 Å². The summed E-state index contributed by atoms with van der Waals surface area (Å²) in [5.41, 5.74) is 2.76. The SMILES string of the molecule is CCC(CC1CCC1)N(C)c1ncc2ncnc(Nc3ccc(Oc4ccn5ncnc5c4)c(Cl)c3)c2n1. The van der Waals surface area contributed by atoms with Crippen LogP contribution in [-0.4, -0.2) is 47.6 Å².